The van der Waals surface area contributed by atoms with Crippen molar-refractivity contribution < 1.29 is 15.0 Å². The second-order valence-electron chi connectivity index (χ2n) is 5.29. The van der Waals surface area contributed by atoms with E-state index in [9.17, 15) is 9.90 Å². The molecule has 0 heterocycles. The van der Waals surface area contributed by atoms with Crippen molar-refractivity contribution in [1.29, 1.82) is 0 Å². The minimum absolute atomic E-state index is 0.195. The van der Waals surface area contributed by atoms with Crippen LogP contribution in [0.25, 0.3) is 0 Å². The van der Waals surface area contributed by atoms with Gasteiger partial charge in [0.05, 0.1) is 0 Å². The van der Waals surface area contributed by atoms with Gasteiger partial charge in [-0.25, -0.2) is 4.79 Å². The van der Waals surface area contributed by atoms with E-state index in [2.05, 4.69) is 0 Å². The van der Waals surface area contributed by atoms with Crippen LogP contribution in [-0.4, -0.2) is 21.8 Å². The summed E-state index contributed by atoms with van der Waals surface area (Å²) in [6, 6.07) is 0. The number of aliphatic carboxylic acids is 1. The zero-order valence-corrected chi connectivity index (χ0v) is 10.5. The molecule has 0 aromatic rings. The molecule has 2 N–H and O–H groups in total. The van der Waals surface area contributed by atoms with Gasteiger partial charge in [-0.2, -0.15) is 0 Å². The molecular formula is C12H24O3. The number of carboxylic acids is 1. The molecule has 0 fully saturated rings. The first-order valence-electron chi connectivity index (χ1n) is 5.65. The molecule has 0 amide bonds. The maximum Gasteiger partial charge on any atom is 0.335 e. The molecule has 0 saturated carbocycles. The van der Waals surface area contributed by atoms with Gasteiger partial charge in [-0.15, -0.1) is 0 Å². The molecular weight excluding hydrogens is 192 g/mol. The van der Waals surface area contributed by atoms with Crippen LogP contribution in [0.15, 0.2) is 0 Å². The van der Waals surface area contributed by atoms with E-state index in [4.69, 9.17) is 5.11 Å². The van der Waals surface area contributed by atoms with Gasteiger partial charge >= 0.3 is 5.97 Å². The first-order chi connectivity index (χ1) is 6.70. The van der Waals surface area contributed by atoms with Crippen molar-refractivity contribution in [2.75, 3.05) is 0 Å². The Morgan fingerprint density at radius 2 is 1.73 bits per heavy atom. The molecule has 3 nitrogen and oxygen atoms in total. The molecule has 0 aliphatic heterocycles. The summed E-state index contributed by atoms with van der Waals surface area (Å²) in [5.74, 6) is -1.31. The van der Waals surface area contributed by atoms with Crippen LogP contribution in [-0.2, 0) is 4.79 Å². The van der Waals surface area contributed by atoms with E-state index in [0.717, 1.165) is 12.8 Å². The lowest BCUT2D eigenvalue weighted by Crippen LogP contribution is -2.50. The van der Waals surface area contributed by atoms with Crippen molar-refractivity contribution >= 4 is 5.97 Å². The fraction of sp³-hybridized carbons (Fsp3) is 0.917. The SMILES string of the molecule is CCCC(C(C)(C)C)C(O)(CC)C(=O)O. The van der Waals surface area contributed by atoms with Gasteiger partial charge in [0, 0.05) is 5.92 Å². The lowest BCUT2D eigenvalue weighted by Gasteiger charge is -2.40. The van der Waals surface area contributed by atoms with Crippen molar-refractivity contribution in [2.24, 2.45) is 11.3 Å². The number of carboxylic acid groups (broad SMARTS) is 1. The van der Waals surface area contributed by atoms with Gasteiger partial charge in [-0.1, -0.05) is 41.0 Å². The van der Waals surface area contributed by atoms with Gasteiger partial charge in [0.25, 0.3) is 0 Å². The fourth-order valence-electron chi connectivity index (χ4n) is 2.22. The Bertz CT molecular complexity index is 217. The zero-order valence-electron chi connectivity index (χ0n) is 10.5. The van der Waals surface area contributed by atoms with Gasteiger partial charge in [0.1, 0.15) is 0 Å². The van der Waals surface area contributed by atoms with Crippen molar-refractivity contribution in [1.82, 2.24) is 0 Å². The largest absolute Gasteiger partial charge is 0.479 e. The third kappa shape index (κ3) is 3.20. The predicted octanol–water partition coefficient (Wildman–Crippen LogP) is 2.67. The molecule has 0 saturated heterocycles. The second-order valence-corrected chi connectivity index (χ2v) is 5.29. The molecule has 3 heteroatoms. The number of rotatable bonds is 5. The molecule has 2 unspecified atom stereocenters. The molecule has 0 rings (SSSR count). The summed E-state index contributed by atoms with van der Waals surface area (Å²) >= 11 is 0. The highest BCUT2D eigenvalue weighted by molar-refractivity contribution is 5.77. The molecule has 15 heavy (non-hydrogen) atoms. The standard InChI is InChI=1S/C12H24O3/c1-6-8-9(11(3,4)5)12(15,7-2)10(13)14/h9,15H,6-8H2,1-5H3,(H,13,14). The number of carbonyl (C=O) groups is 1. The van der Waals surface area contributed by atoms with Crippen molar-refractivity contribution in [2.45, 2.75) is 59.5 Å². The highest BCUT2D eigenvalue weighted by Gasteiger charge is 2.47. The maximum absolute atomic E-state index is 11.2. The number of hydrogen-bond acceptors (Lipinski definition) is 2. The number of aliphatic hydroxyl groups is 1. The van der Waals surface area contributed by atoms with Gasteiger partial charge in [-0.05, 0) is 18.3 Å². The van der Waals surface area contributed by atoms with Gasteiger partial charge in [-0.3, -0.25) is 0 Å². The van der Waals surface area contributed by atoms with Crippen LogP contribution in [0, 0.1) is 11.3 Å². The van der Waals surface area contributed by atoms with E-state index in [1.54, 1.807) is 6.92 Å². The van der Waals surface area contributed by atoms with E-state index in [1.807, 2.05) is 27.7 Å². The van der Waals surface area contributed by atoms with Crippen molar-refractivity contribution in [3.05, 3.63) is 0 Å². The van der Waals surface area contributed by atoms with E-state index in [0.29, 0.717) is 0 Å². The molecule has 0 spiro atoms. The summed E-state index contributed by atoms with van der Waals surface area (Å²) in [5, 5.41) is 19.4. The lowest BCUT2D eigenvalue weighted by atomic mass is 9.67. The topological polar surface area (TPSA) is 57.5 Å². The average Bonchev–Trinajstić information content (AvgIpc) is 2.10. The van der Waals surface area contributed by atoms with Crippen LogP contribution in [0.4, 0.5) is 0 Å². The minimum Gasteiger partial charge on any atom is -0.479 e. The average molecular weight is 216 g/mol. The van der Waals surface area contributed by atoms with E-state index in [-0.39, 0.29) is 17.8 Å². The summed E-state index contributed by atoms with van der Waals surface area (Å²) in [6.45, 7) is 9.68. The summed E-state index contributed by atoms with van der Waals surface area (Å²) < 4.78 is 0. The van der Waals surface area contributed by atoms with Crippen molar-refractivity contribution in [3.8, 4) is 0 Å². The van der Waals surface area contributed by atoms with Gasteiger partial charge in [0.15, 0.2) is 5.60 Å². The van der Waals surface area contributed by atoms with Gasteiger partial charge in [0.2, 0.25) is 0 Å². The normalized spacial score (nSPS) is 18.3. The Hall–Kier alpha value is -0.570. The Morgan fingerprint density at radius 1 is 1.27 bits per heavy atom. The molecule has 0 radical (unpaired) electrons. The summed E-state index contributed by atoms with van der Waals surface area (Å²) in [6.07, 6.45) is 1.88. The van der Waals surface area contributed by atoms with E-state index >= 15 is 0 Å². The summed E-state index contributed by atoms with van der Waals surface area (Å²) in [5.41, 5.74) is -1.78. The van der Waals surface area contributed by atoms with Gasteiger partial charge < -0.3 is 10.2 Å². The molecule has 0 aliphatic rings. The smallest absolute Gasteiger partial charge is 0.335 e. The Labute approximate surface area is 92.5 Å². The Balaban J connectivity index is 5.12. The third-order valence-corrected chi connectivity index (χ3v) is 3.11. The number of hydrogen-bond donors (Lipinski definition) is 2. The summed E-state index contributed by atoms with van der Waals surface area (Å²) in [7, 11) is 0. The minimum atomic E-state index is -1.59. The first-order valence-corrected chi connectivity index (χ1v) is 5.65. The van der Waals surface area contributed by atoms with Crippen LogP contribution < -0.4 is 0 Å². The molecule has 90 valence electrons. The lowest BCUT2D eigenvalue weighted by molar-refractivity contribution is -0.172. The first kappa shape index (κ1) is 14.4. The van der Waals surface area contributed by atoms with Crippen LogP contribution in [0.3, 0.4) is 0 Å². The monoisotopic (exact) mass is 216 g/mol. The Kier molecular flexibility index (Phi) is 4.78. The van der Waals surface area contributed by atoms with E-state index < -0.39 is 11.6 Å². The quantitative estimate of drug-likeness (QED) is 0.742. The Morgan fingerprint density at radius 3 is 1.93 bits per heavy atom. The molecule has 0 aromatic heterocycles. The van der Waals surface area contributed by atoms with Crippen molar-refractivity contribution in [3.63, 3.8) is 0 Å². The molecule has 0 aromatic carbocycles. The molecule has 2 atom stereocenters. The highest BCUT2D eigenvalue weighted by atomic mass is 16.4. The maximum atomic E-state index is 11.2. The van der Waals surface area contributed by atoms with E-state index in [1.165, 1.54) is 0 Å². The zero-order chi connectivity index (χ0) is 12.3. The fourth-order valence-corrected chi connectivity index (χ4v) is 2.22. The van der Waals surface area contributed by atoms with Crippen LogP contribution in [0.5, 0.6) is 0 Å². The summed E-state index contributed by atoms with van der Waals surface area (Å²) in [4.78, 5) is 11.2. The third-order valence-electron chi connectivity index (χ3n) is 3.11. The van der Waals surface area contributed by atoms with Crippen LogP contribution in [0.1, 0.15) is 53.9 Å². The predicted molar refractivity (Wildman–Crippen MR) is 60.7 cm³/mol. The molecule has 0 bridgehead atoms. The highest BCUT2D eigenvalue weighted by Crippen LogP contribution is 2.40. The van der Waals surface area contributed by atoms with Crippen LogP contribution >= 0.6 is 0 Å². The molecule has 0 aliphatic carbocycles. The second kappa shape index (κ2) is 4.97. The van der Waals surface area contributed by atoms with Crippen LogP contribution in [0.2, 0.25) is 0 Å².